The number of aromatic nitrogens is 2. The van der Waals surface area contributed by atoms with E-state index in [2.05, 4.69) is 15.1 Å². The molecule has 0 unspecified atom stereocenters. The Morgan fingerprint density at radius 2 is 1.68 bits per heavy atom. The van der Waals surface area contributed by atoms with Gasteiger partial charge in [0, 0.05) is 19.3 Å². The second-order valence-electron chi connectivity index (χ2n) is 6.88. The van der Waals surface area contributed by atoms with Gasteiger partial charge in [-0.2, -0.15) is 5.10 Å². The SMILES string of the molecule is O=C(NCc1ccc(CNS(=O)(=O)c2cccc(F)c2)cc1)c1cc2ccccn2n1. The van der Waals surface area contributed by atoms with Crippen LogP contribution < -0.4 is 10.0 Å². The van der Waals surface area contributed by atoms with Gasteiger partial charge < -0.3 is 5.32 Å². The van der Waals surface area contributed by atoms with E-state index in [-0.39, 0.29) is 17.3 Å². The number of rotatable bonds is 7. The summed E-state index contributed by atoms with van der Waals surface area (Å²) < 4.78 is 41.9. The highest BCUT2D eigenvalue weighted by molar-refractivity contribution is 7.89. The summed E-state index contributed by atoms with van der Waals surface area (Å²) in [6, 6.07) is 19.3. The van der Waals surface area contributed by atoms with Gasteiger partial charge in [0.05, 0.1) is 10.4 Å². The van der Waals surface area contributed by atoms with Crippen LogP contribution in [0, 0.1) is 5.82 Å². The van der Waals surface area contributed by atoms with Gasteiger partial charge in [0.1, 0.15) is 5.82 Å². The molecule has 7 nitrogen and oxygen atoms in total. The molecule has 0 aliphatic heterocycles. The summed E-state index contributed by atoms with van der Waals surface area (Å²) in [7, 11) is -3.81. The highest BCUT2D eigenvalue weighted by Gasteiger charge is 2.14. The molecule has 4 aromatic rings. The molecular weight excluding hydrogens is 419 g/mol. The van der Waals surface area contributed by atoms with Gasteiger partial charge in [-0.25, -0.2) is 22.0 Å². The number of fused-ring (bicyclic) bond motifs is 1. The smallest absolute Gasteiger partial charge is 0.272 e. The molecule has 0 bridgehead atoms. The fraction of sp³-hybridized carbons (Fsp3) is 0.0909. The van der Waals surface area contributed by atoms with Crippen molar-refractivity contribution in [3.63, 3.8) is 0 Å². The first-order chi connectivity index (χ1) is 14.9. The molecule has 9 heteroatoms. The van der Waals surface area contributed by atoms with Crippen molar-refractivity contribution in [3.05, 3.63) is 102 Å². The zero-order valence-electron chi connectivity index (χ0n) is 16.3. The van der Waals surface area contributed by atoms with Crippen LogP contribution in [0.4, 0.5) is 4.39 Å². The zero-order valence-corrected chi connectivity index (χ0v) is 17.1. The molecule has 31 heavy (non-hydrogen) atoms. The summed E-state index contributed by atoms with van der Waals surface area (Å²) in [4.78, 5) is 12.2. The van der Waals surface area contributed by atoms with Gasteiger partial charge in [-0.1, -0.05) is 36.4 Å². The second kappa shape index (κ2) is 8.66. The minimum Gasteiger partial charge on any atom is -0.347 e. The van der Waals surface area contributed by atoms with Gasteiger partial charge >= 0.3 is 0 Å². The van der Waals surface area contributed by atoms with Gasteiger partial charge in [-0.15, -0.1) is 0 Å². The fourth-order valence-electron chi connectivity index (χ4n) is 2.99. The van der Waals surface area contributed by atoms with Crippen LogP contribution in [0.2, 0.25) is 0 Å². The van der Waals surface area contributed by atoms with Crippen molar-refractivity contribution in [2.75, 3.05) is 0 Å². The van der Waals surface area contributed by atoms with Crippen LogP contribution in [0.1, 0.15) is 21.6 Å². The number of hydrogen-bond acceptors (Lipinski definition) is 4. The number of carbonyl (C=O) groups excluding carboxylic acids is 1. The zero-order chi connectivity index (χ0) is 21.8. The van der Waals surface area contributed by atoms with Gasteiger partial charge in [-0.3, -0.25) is 4.79 Å². The van der Waals surface area contributed by atoms with Crippen molar-refractivity contribution < 1.29 is 17.6 Å². The van der Waals surface area contributed by atoms with E-state index >= 15 is 0 Å². The third kappa shape index (κ3) is 4.96. The lowest BCUT2D eigenvalue weighted by Gasteiger charge is -2.08. The minimum absolute atomic E-state index is 0.0622. The Bertz CT molecular complexity index is 1300. The Morgan fingerprint density at radius 1 is 0.935 bits per heavy atom. The van der Waals surface area contributed by atoms with Crippen LogP contribution in [0.3, 0.4) is 0 Å². The third-order valence-electron chi connectivity index (χ3n) is 4.65. The predicted molar refractivity (Wildman–Crippen MR) is 113 cm³/mol. The quantitative estimate of drug-likeness (QED) is 0.464. The Balaban J connectivity index is 1.33. The molecule has 0 aliphatic carbocycles. The largest absolute Gasteiger partial charge is 0.347 e. The molecule has 4 rings (SSSR count). The van der Waals surface area contributed by atoms with Crippen molar-refractivity contribution >= 4 is 21.4 Å². The van der Waals surface area contributed by atoms with Crippen LogP contribution in [0.5, 0.6) is 0 Å². The van der Waals surface area contributed by atoms with Crippen molar-refractivity contribution in [3.8, 4) is 0 Å². The van der Waals surface area contributed by atoms with Crippen LogP contribution in [0.15, 0.2) is 83.9 Å². The van der Waals surface area contributed by atoms with Crippen molar-refractivity contribution in [1.82, 2.24) is 19.7 Å². The van der Waals surface area contributed by atoms with E-state index in [0.29, 0.717) is 12.2 Å². The van der Waals surface area contributed by atoms with Crippen LogP contribution >= 0.6 is 0 Å². The normalized spacial score (nSPS) is 11.5. The molecule has 0 saturated heterocycles. The monoisotopic (exact) mass is 438 g/mol. The number of sulfonamides is 1. The van der Waals surface area contributed by atoms with Gasteiger partial charge in [0.25, 0.3) is 5.91 Å². The van der Waals surface area contributed by atoms with Crippen molar-refractivity contribution in [2.24, 2.45) is 0 Å². The van der Waals surface area contributed by atoms with E-state index in [0.717, 1.165) is 22.7 Å². The molecule has 2 N–H and O–H groups in total. The molecule has 2 aromatic carbocycles. The summed E-state index contributed by atoms with van der Waals surface area (Å²) in [5.74, 6) is -0.895. The van der Waals surface area contributed by atoms with Crippen LogP contribution in [-0.2, 0) is 23.1 Å². The van der Waals surface area contributed by atoms with Gasteiger partial charge in [0.15, 0.2) is 5.69 Å². The molecule has 1 amide bonds. The summed E-state index contributed by atoms with van der Waals surface area (Å²) >= 11 is 0. The molecule has 0 radical (unpaired) electrons. The van der Waals surface area contributed by atoms with E-state index in [4.69, 9.17) is 0 Å². The van der Waals surface area contributed by atoms with E-state index < -0.39 is 15.8 Å². The molecule has 0 spiro atoms. The summed E-state index contributed by atoms with van der Waals surface area (Å²) in [5, 5.41) is 7.05. The Kier molecular flexibility index (Phi) is 5.79. The molecule has 0 atom stereocenters. The number of amides is 1. The number of nitrogens with zero attached hydrogens (tertiary/aromatic N) is 2. The highest BCUT2D eigenvalue weighted by atomic mass is 32.2. The number of benzene rings is 2. The average Bonchev–Trinajstić information content (AvgIpc) is 3.21. The highest BCUT2D eigenvalue weighted by Crippen LogP contribution is 2.12. The van der Waals surface area contributed by atoms with E-state index in [9.17, 15) is 17.6 Å². The molecule has 2 heterocycles. The number of hydrogen-bond donors (Lipinski definition) is 2. The van der Waals surface area contributed by atoms with Gasteiger partial charge in [-0.05, 0) is 47.5 Å². The van der Waals surface area contributed by atoms with Crippen molar-refractivity contribution in [2.45, 2.75) is 18.0 Å². The molecule has 0 fully saturated rings. The van der Waals surface area contributed by atoms with E-state index in [1.165, 1.54) is 18.2 Å². The Labute approximate surface area is 178 Å². The standard InChI is InChI=1S/C22H19FN4O3S/c23-18-4-3-6-20(12-18)31(29,30)25-15-17-9-7-16(8-10-17)14-24-22(28)21-13-19-5-1-2-11-27(19)26-21/h1-13,25H,14-15H2,(H,24,28). The second-order valence-corrected chi connectivity index (χ2v) is 8.65. The maximum atomic E-state index is 13.3. The molecule has 0 saturated carbocycles. The Hall–Kier alpha value is -3.56. The van der Waals surface area contributed by atoms with Crippen LogP contribution in [0.25, 0.3) is 5.52 Å². The number of pyridine rings is 1. The number of nitrogens with one attached hydrogen (secondary N) is 2. The minimum atomic E-state index is -3.81. The maximum absolute atomic E-state index is 13.3. The van der Waals surface area contributed by atoms with E-state index in [1.54, 1.807) is 41.0 Å². The lowest BCUT2D eigenvalue weighted by molar-refractivity contribution is 0.0945. The average molecular weight is 438 g/mol. The number of halogens is 1. The Morgan fingerprint density at radius 3 is 2.39 bits per heavy atom. The fourth-order valence-corrected chi connectivity index (χ4v) is 4.04. The lowest BCUT2D eigenvalue weighted by atomic mass is 10.1. The first kappa shape index (κ1) is 20.7. The summed E-state index contributed by atoms with van der Waals surface area (Å²) in [6.45, 7) is 0.370. The number of carbonyl (C=O) groups is 1. The summed E-state index contributed by atoms with van der Waals surface area (Å²) in [5.41, 5.74) is 2.75. The molecular formula is C22H19FN4O3S. The predicted octanol–water partition coefficient (Wildman–Crippen LogP) is 2.88. The first-order valence-electron chi connectivity index (χ1n) is 9.46. The lowest BCUT2D eigenvalue weighted by Crippen LogP contribution is -2.24. The molecule has 2 aromatic heterocycles. The first-order valence-corrected chi connectivity index (χ1v) is 10.9. The third-order valence-corrected chi connectivity index (χ3v) is 6.05. The molecule has 158 valence electrons. The molecule has 0 aliphatic rings. The van der Waals surface area contributed by atoms with Gasteiger partial charge in [0.2, 0.25) is 10.0 Å². The van der Waals surface area contributed by atoms with E-state index in [1.807, 2.05) is 18.2 Å². The van der Waals surface area contributed by atoms with Crippen LogP contribution in [-0.4, -0.2) is 23.9 Å². The van der Waals surface area contributed by atoms with Crippen molar-refractivity contribution in [1.29, 1.82) is 0 Å². The maximum Gasteiger partial charge on any atom is 0.272 e. The summed E-state index contributed by atoms with van der Waals surface area (Å²) in [6.07, 6.45) is 1.77. The topological polar surface area (TPSA) is 92.6 Å².